The molecule has 1 aromatic rings. The van der Waals surface area contributed by atoms with Crippen molar-refractivity contribution in [3.63, 3.8) is 0 Å². The summed E-state index contributed by atoms with van der Waals surface area (Å²) in [4.78, 5) is 0. The minimum Gasteiger partial charge on any atom is -0.0840 e. The fourth-order valence-corrected chi connectivity index (χ4v) is 1.87. The Morgan fingerprint density at radius 1 is 1.27 bits per heavy atom. The highest BCUT2D eigenvalue weighted by molar-refractivity contribution is 6.49. The Morgan fingerprint density at radius 2 is 2.00 bits per heavy atom. The molecule has 0 saturated heterocycles. The van der Waals surface area contributed by atoms with Gasteiger partial charge < -0.3 is 0 Å². The molecule has 0 fully saturated rings. The number of rotatable bonds is 0. The molecule has 0 bridgehead atoms. The van der Waals surface area contributed by atoms with E-state index in [4.69, 9.17) is 11.6 Å². The van der Waals surface area contributed by atoms with Gasteiger partial charge in [-0.15, -0.1) is 0 Å². The average Bonchev–Trinajstić information content (AvgIpc) is 2.30. The summed E-state index contributed by atoms with van der Waals surface area (Å²) in [6, 6.07) is 8.27. The minimum atomic E-state index is 0.485. The molecule has 0 aliphatic heterocycles. The molecule has 56 valence electrons. The van der Waals surface area contributed by atoms with Crippen LogP contribution in [0.4, 0.5) is 0 Å². The van der Waals surface area contributed by atoms with Crippen molar-refractivity contribution < 1.29 is 0 Å². The van der Waals surface area contributed by atoms with Gasteiger partial charge in [0.2, 0.25) is 0 Å². The highest BCUT2D eigenvalue weighted by atomic mass is 35.5. The summed E-state index contributed by atoms with van der Waals surface area (Å²) >= 11 is 6.00. The van der Waals surface area contributed by atoms with Crippen molar-refractivity contribution in [2.45, 2.75) is 12.8 Å². The van der Waals surface area contributed by atoms with Crippen LogP contribution in [0.3, 0.4) is 0 Å². The second-order valence-electron chi connectivity index (χ2n) is 2.89. The normalized spacial score (nSPS) is 21.3. The van der Waals surface area contributed by atoms with Crippen LogP contribution in [0.15, 0.2) is 30.3 Å². The number of halogens is 1. The van der Waals surface area contributed by atoms with Gasteiger partial charge in [0.15, 0.2) is 0 Å². The van der Waals surface area contributed by atoms with E-state index in [0.29, 0.717) is 5.92 Å². The van der Waals surface area contributed by atoms with Crippen LogP contribution in [0.5, 0.6) is 0 Å². The van der Waals surface area contributed by atoms with Crippen LogP contribution >= 0.6 is 11.6 Å². The van der Waals surface area contributed by atoms with E-state index in [-0.39, 0.29) is 0 Å². The molecule has 1 aliphatic rings. The lowest BCUT2D eigenvalue weighted by Crippen LogP contribution is -1.84. The largest absolute Gasteiger partial charge is 0.0840 e. The van der Waals surface area contributed by atoms with E-state index < -0.39 is 0 Å². The summed E-state index contributed by atoms with van der Waals surface area (Å²) in [5.74, 6) is 0.485. The monoisotopic (exact) mass is 164 g/mol. The van der Waals surface area contributed by atoms with E-state index in [1.807, 2.05) is 6.07 Å². The molecule has 0 spiro atoms. The maximum Gasteiger partial charge on any atom is 0.0447 e. The minimum absolute atomic E-state index is 0.485. The number of allylic oxidation sites excluding steroid dienone is 1. The van der Waals surface area contributed by atoms with Gasteiger partial charge in [0.05, 0.1) is 0 Å². The van der Waals surface area contributed by atoms with Crippen LogP contribution in [-0.4, -0.2) is 0 Å². The van der Waals surface area contributed by atoms with Crippen molar-refractivity contribution >= 4 is 16.6 Å². The van der Waals surface area contributed by atoms with Crippen LogP contribution in [-0.2, 0) is 0 Å². The molecule has 0 aromatic heterocycles. The van der Waals surface area contributed by atoms with Crippen molar-refractivity contribution in [2.75, 3.05) is 0 Å². The van der Waals surface area contributed by atoms with Gasteiger partial charge in [-0.25, -0.2) is 0 Å². The van der Waals surface area contributed by atoms with Gasteiger partial charge in [-0.05, 0) is 11.1 Å². The van der Waals surface area contributed by atoms with Gasteiger partial charge in [0.1, 0.15) is 0 Å². The van der Waals surface area contributed by atoms with Crippen LogP contribution < -0.4 is 0 Å². The lowest BCUT2D eigenvalue weighted by molar-refractivity contribution is 0.990. The Hall–Kier alpha value is -0.750. The molecule has 0 nitrogen and oxygen atoms in total. The molecule has 0 unspecified atom stereocenters. The van der Waals surface area contributed by atoms with E-state index >= 15 is 0 Å². The molecular weight excluding hydrogens is 156 g/mol. The zero-order chi connectivity index (χ0) is 7.84. The second kappa shape index (κ2) is 2.38. The number of hydrogen-bond acceptors (Lipinski definition) is 0. The number of benzene rings is 1. The summed E-state index contributed by atoms with van der Waals surface area (Å²) < 4.78 is 0. The lowest BCUT2D eigenvalue weighted by Gasteiger charge is -2.01. The lowest BCUT2D eigenvalue weighted by atomic mass is 10.0. The smallest absolute Gasteiger partial charge is 0.0447 e. The molecule has 0 saturated carbocycles. The summed E-state index contributed by atoms with van der Waals surface area (Å²) in [6.45, 7) is 2.16. The Balaban J connectivity index is 2.62. The summed E-state index contributed by atoms with van der Waals surface area (Å²) in [5, 5.41) is 0.896. The molecule has 1 heteroatoms. The third-order valence-electron chi connectivity index (χ3n) is 2.10. The predicted molar refractivity (Wildman–Crippen MR) is 48.7 cm³/mol. The Morgan fingerprint density at radius 3 is 2.73 bits per heavy atom. The topological polar surface area (TPSA) is 0 Å². The van der Waals surface area contributed by atoms with E-state index in [2.05, 4.69) is 31.2 Å². The fraction of sp³-hybridized carbons (Fsp3) is 0.200. The molecule has 1 atom stereocenters. The standard InChI is InChI=1S/C10H9Cl/c1-7-6-10(11)9-5-3-2-4-8(7)9/h2-7H,1H3/t7-/m1/s1. The zero-order valence-electron chi connectivity index (χ0n) is 6.34. The third-order valence-corrected chi connectivity index (χ3v) is 2.43. The van der Waals surface area contributed by atoms with E-state index in [9.17, 15) is 0 Å². The predicted octanol–water partition coefficient (Wildman–Crippen LogP) is 3.38. The first-order valence-corrected chi connectivity index (χ1v) is 4.13. The van der Waals surface area contributed by atoms with Gasteiger partial charge in [0.25, 0.3) is 0 Å². The summed E-state index contributed by atoms with van der Waals surface area (Å²) in [5.41, 5.74) is 2.54. The highest BCUT2D eigenvalue weighted by Gasteiger charge is 2.16. The van der Waals surface area contributed by atoms with Gasteiger partial charge >= 0.3 is 0 Å². The van der Waals surface area contributed by atoms with E-state index in [1.54, 1.807) is 0 Å². The van der Waals surface area contributed by atoms with Crippen molar-refractivity contribution in [3.8, 4) is 0 Å². The average molecular weight is 165 g/mol. The molecule has 11 heavy (non-hydrogen) atoms. The Labute approximate surface area is 71.5 Å². The van der Waals surface area contributed by atoms with Crippen LogP contribution in [0.1, 0.15) is 24.0 Å². The SMILES string of the molecule is C[C@@H]1C=C(Cl)c2ccccc21. The van der Waals surface area contributed by atoms with Crippen molar-refractivity contribution in [1.29, 1.82) is 0 Å². The fourth-order valence-electron chi connectivity index (χ4n) is 1.51. The molecule has 1 aliphatic carbocycles. The maximum atomic E-state index is 6.00. The number of hydrogen-bond donors (Lipinski definition) is 0. The molecule has 1 aromatic carbocycles. The summed E-state index contributed by atoms with van der Waals surface area (Å²) in [7, 11) is 0. The summed E-state index contributed by atoms with van der Waals surface area (Å²) in [6.07, 6.45) is 2.09. The van der Waals surface area contributed by atoms with E-state index in [1.165, 1.54) is 11.1 Å². The van der Waals surface area contributed by atoms with Gasteiger partial charge in [0, 0.05) is 11.0 Å². The molecule has 2 rings (SSSR count). The Kier molecular flexibility index (Phi) is 1.50. The van der Waals surface area contributed by atoms with Crippen LogP contribution in [0.25, 0.3) is 5.03 Å². The van der Waals surface area contributed by atoms with Gasteiger partial charge in [-0.1, -0.05) is 48.9 Å². The first kappa shape index (κ1) is 6.93. The number of fused-ring (bicyclic) bond motifs is 1. The molecule has 0 amide bonds. The molecule has 0 heterocycles. The maximum absolute atomic E-state index is 6.00. The van der Waals surface area contributed by atoms with Crippen molar-refractivity contribution in [1.82, 2.24) is 0 Å². The molecular formula is C10H9Cl. The Bertz CT molecular complexity index is 312. The van der Waals surface area contributed by atoms with E-state index in [0.717, 1.165) is 5.03 Å². The highest BCUT2D eigenvalue weighted by Crippen LogP contribution is 2.37. The zero-order valence-corrected chi connectivity index (χ0v) is 7.10. The van der Waals surface area contributed by atoms with Crippen molar-refractivity contribution in [2.24, 2.45) is 0 Å². The molecule has 0 N–H and O–H groups in total. The first-order chi connectivity index (χ1) is 5.29. The quantitative estimate of drug-likeness (QED) is 0.552. The van der Waals surface area contributed by atoms with Crippen LogP contribution in [0.2, 0.25) is 0 Å². The van der Waals surface area contributed by atoms with Crippen molar-refractivity contribution in [3.05, 3.63) is 41.5 Å². The molecule has 0 radical (unpaired) electrons. The van der Waals surface area contributed by atoms with Gasteiger partial charge in [-0.2, -0.15) is 0 Å². The van der Waals surface area contributed by atoms with Gasteiger partial charge in [-0.3, -0.25) is 0 Å². The van der Waals surface area contributed by atoms with Crippen LogP contribution in [0, 0.1) is 0 Å². The third kappa shape index (κ3) is 0.982. The second-order valence-corrected chi connectivity index (χ2v) is 3.30. The first-order valence-electron chi connectivity index (χ1n) is 3.75.